The summed E-state index contributed by atoms with van der Waals surface area (Å²) in [6, 6.07) is 0. The molecule has 0 saturated carbocycles. The number of hydrogen-bond acceptors (Lipinski definition) is 0. The molecule has 0 amide bonds. The zero-order valence-corrected chi connectivity index (χ0v) is 24.6. The van der Waals surface area contributed by atoms with E-state index < -0.39 is 0 Å². The monoisotopic (exact) mass is 490 g/mol. The van der Waals surface area contributed by atoms with E-state index in [1.165, 1.54) is 173 Å². The number of rotatable bonds is 27. The van der Waals surface area contributed by atoms with E-state index in [0.29, 0.717) is 0 Å². The van der Waals surface area contributed by atoms with Gasteiger partial charge in [0.25, 0.3) is 5.82 Å². The molecule has 0 aliphatic heterocycles. The van der Waals surface area contributed by atoms with E-state index in [9.17, 15) is 0 Å². The largest absolute Gasteiger partial charge is 0.256 e. The first-order valence-corrected chi connectivity index (χ1v) is 16.4. The molecule has 1 aromatic heterocycles. The second-order valence-electron chi connectivity index (χ2n) is 11.2. The number of hydrogen-bond donors (Lipinski definition) is 0. The number of imidazole rings is 1. The van der Waals surface area contributed by atoms with Crippen molar-refractivity contribution in [1.82, 2.24) is 4.57 Å². The molecule has 0 aliphatic rings. The average Bonchev–Trinajstić information content (AvgIpc) is 3.26. The fourth-order valence-electron chi connectivity index (χ4n) is 5.56. The highest BCUT2D eigenvalue weighted by molar-refractivity contribution is 4.83. The maximum atomic E-state index is 2.53. The fourth-order valence-corrected chi connectivity index (χ4v) is 5.56. The van der Waals surface area contributed by atoms with Gasteiger partial charge in [0.15, 0.2) is 0 Å². The summed E-state index contributed by atoms with van der Waals surface area (Å²) in [4.78, 5) is 0. The molecule has 0 fully saturated rings. The van der Waals surface area contributed by atoms with Gasteiger partial charge in [-0.2, -0.15) is 0 Å². The summed E-state index contributed by atoms with van der Waals surface area (Å²) in [6.07, 6.45) is 40.2. The minimum Gasteiger partial charge on any atom is -0.234 e. The topological polar surface area (TPSA) is 8.81 Å². The van der Waals surface area contributed by atoms with Gasteiger partial charge in [0.1, 0.15) is 12.4 Å². The van der Waals surface area contributed by atoms with Gasteiger partial charge < -0.3 is 0 Å². The first-order valence-electron chi connectivity index (χ1n) is 16.4. The predicted molar refractivity (Wildman–Crippen MR) is 156 cm³/mol. The molecule has 0 spiro atoms. The highest BCUT2D eigenvalue weighted by atomic mass is 15.1. The smallest absolute Gasteiger partial charge is 0.234 e. The van der Waals surface area contributed by atoms with Gasteiger partial charge >= 0.3 is 0 Å². The van der Waals surface area contributed by atoms with Crippen LogP contribution in [0.3, 0.4) is 0 Å². The van der Waals surface area contributed by atoms with E-state index >= 15 is 0 Å². The molecular formula is C33H65N2+. The summed E-state index contributed by atoms with van der Waals surface area (Å²) >= 11 is 0. The van der Waals surface area contributed by atoms with Crippen molar-refractivity contribution in [1.29, 1.82) is 0 Å². The van der Waals surface area contributed by atoms with E-state index in [-0.39, 0.29) is 0 Å². The SMILES string of the molecule is CCCCCCCCCCCCCCCCCCCn1cc[n+](CCCCCCCCC)c1CC. The third-order valence-electron chi connectivity index (χ3n) is 7.91. The summed E-state index contributed by atoms with van der Waals surface area (Å²) in [7, 11) is 0. The van der Waals surface area contributed by atoms with Gasteiger partial charge in [0, 0.05) is 6.42 Å². The van der Waals surface area contributed by atoms with Crippen molar-refractivity contribution in [2.24, 2.45) is 0 Å². The predicted octanol–water partition coefficient (Wildman–Crippen LogP) is 10.7. The van der Waals surface area contributed by atoms with Crippen LogP contribution in [0.5, 0.6) is 0 Å². The minimum absolute atomic E-state index is 1.16. The Hall–Kier alpha value is -0.790. The molecule has 206 valence electrons. The maximum absolute atomic E-state index is 2.53. The molecule has 0 aliphatic carbocycles. The molecule has 0 aromatic carbocycles. The Morgan fingerprint density at radius 2 is 0.857 bits per heavy atom. The van der Waals surface area contributed by atoms with Crippen molar-refractivity contribution in [3.63, 3.8) is 0 Å². The first-order chi connectivity index (χ1) is 17.3. The lowest BCUT2D eigenvalue weighted by atomic mass is 10.0. The quantitative estimate of drug-likeness (QED) is 0.0858. The third-order valence-corrected chi connectivity index (χ3v) is 7.91. The van der Waals surface area contributed by atoms with Gasteiger partial charge in [0.2, 0.25) is 0 Å². The van der Waals surface area contributed by atoms with Gasteiger partial charge in [-0.05, 0) is 25.7 Å². The van der Waals surface area contributed by atoms with Crippen LogP contribution in [0.15, 0.2) is 12.4 Å². The van der Waals surface area contributed by atoms with E-state index in [2.05, 4.69) is 42.3 Å². The zero-order chi connectivity index (χ0) is 25.2. The molecule has 0 atom stereocenters. The zero-order valence-electron chi connectivity index (χ0n) is 24.6. The Morgan fingerprint density at radius 3 is 1.26 bits per heavy atom. The molecule has 0 saturated heterocycles. The Kier molecular flexibility index (Phi) is 22.9. The highest BCUT2D eigenvalue weighted by Crippen LogP contribution is 2.14. The number of nitrogens with zero attached hydrogens (tertiary/aromatic N) is 2. The molecule has 0 radical (unpaired) electrons. The highest BCUT2D eigenvalue weighted by Gasteiger charge is 2.14. The molecular weight excluding hydrogens is 424 g/mol. The molecule has 0 bridgehead atoms. The van der Waals surface area contributed by atoms with Gasteiger partial charge in [-0.15, -0.1) is 0 Å². The van der Waals surface area contributed by atoms with Gasteiger partial charge in [-0.1, -0.05) is 149 Å². The normalized spacial score (nSPS) is 11.5. The maximum Gasteiger partial charge on any atom is 0.256 e. The van der Waals surface area contributed by atoms with Crippen LogP contribution in [0, 0.1) is 0 Å². The number of aryl methyl sites for hydroxylation is 2. The number of aromatic nitrogens is 2. The number of unbranched alkanes of at least 4 members (excludes halogenated alkanes) is 22. The Balaban J connectivity index is 1.93. The van der Waals surface area contributed by atoms with Crippen LogP contribution in [0.1, 0.15) is 181 Å². The van der Waals surface area contributed by atoms with Gasteiger partial charge in [-0.3, -0.25) is 0 Å². The van der Waals surface area contributed by atoms with E-state index in [4.69, 9.17) is 0 Å². The van der Waals surface area contributed by atoms with Crippen molar-refractivity contribution in [3.8, 4) is 0 Å². The fraction of sp³-hybridized carbons (Fsp3) is 0.909. The summed E-state index contributed by atoms with van der Waals surface area (Å²) in [6.45, 7) is 9.35. The van der Waals surface area contributed by atoms with E-state index in [1.807, 2.05) is 0 Å². The summed E-state index contributed by atoms with van der Waals surface area (Å²) in [5.41, 5.74) is 0. The van der Waals surface area contributed by atoms with Crippen LogP contribution in [-0.4, -0.2) is 4.57 Å². The van der Waals surface area contributed by atoms with Gasteiger partial charge in [0.05, 0.1) is 13.1 Å². The molecule has 0 N–H and O–H groups in total. The van der Waals surface area contributed by atoms with Crippen molar-refractivity contribution >= 4 is 0 Å². The Labute approximate surface area is 221 Å². The molecule has 0 unspecified atom stereocenters. The van der Waals surface area contributed by atoms with Crippen LogP contribution >= 0.6 is 0 Å². The second kappa shape index (κ2) is 24.9. The van der Waals surface area contributed by atoms with Crippen LogP contribution in [-0.2, 0) is 19.5 Å². The lowest BCUT2D eigenvalue weighted by molar-refractivity contribution is -0.704. The Morgan fingerprint density at radius 1 is 0.486 bits per heavy atom. The van der Waals surface area contributed by atoms with Crippen LogP contribution < -0.4 is 4.57 Å². The first kappa shape index (κ1) is 32.2. The lowest BCUT2D eigenvalue weighted by Crippen LogP contribution is -2.37. The Bertz CT molecular complexity index is 547. The van der Waals surface area contributed by atoms with E-state index in [0.717, 1.165) is 6.42 Å². The van der Waals surface area contributed by atoms with Crippen molar-refractivity contribution in [2.75, 3.05) is 0 Å². The molecule has 1 heterocycles. The van der Waals surface area contributed by atoms with Crippen LogP contribution in [0.4, 0.5) is 0 Å². The molecule has 2 nitrogen and oxygen atoms in total. The summed E-state index contributed by atoms with van der Waals surface area (Å²) in [5, 5.41) is 0. The summed E-state index contributed by atoms with van der Waals surface area (Å²) in [5.74, 6) is 1.53. The van der Waals surface area contributed by atoms with Crippen molar-refractivity contribution in [2.45, 2.75) is 194 Å². The second-order valence-corrected chi connectivity index (χ2v) is 11.2. The molecule has 35 heavy (non-hydrogen) atoms. The lowest BCUT2D eigenvalue weighted by Gasteiger charge is -2.05. The molecule has 1 aromatic rings. The van der Waals surface area contributed by atoms with E-state index in [1.54, 1.807) is 0 Å². The standard InChI is InChI=1S/C33H65N2/c1-4-7-9-11-13-14-15-16-17-18-19-20-21-22-24-26-28-30-35-32-31-34(33(35)6-3)29-27-25-23-12-10-8-5-2/h31-32H,4-30H2,1-3H3/q+1. The summed E-state index contributed by atoms with van der Waals surface area (Å²) < 4.78 is 5.06. The van der Waals surface area contributed by atoms with Crippen molar-refractivity contribution < 1.29 is 4.57 Å². The van der Waals surface area contributed by atoms with Crippen LogP contribution in [0.25, 0.3) is 0 Å². The minimum atomic E-state index is 1.16. The van der Waals surface area contributed by atoms with Crippen molar-refractivity contribution in [3.05, 3.63) is 18.2 Å². The third kappa shape index (κ3) is 18.2. The molecule has 2 heteroatoms. The van der Waals surface area contributed by atoms with Gasteiger partial charge in [-0.25, -0.2) is 9.13 Å². The molecule has 1 rings (SSSR count). The average molecular weight is 490 g/mol. The van der Waals surface area contributed by atoms with Crippen LogP contribution in [0.2, 0.25) is 0 Å².